The zero-order chi connectivity index (χ0) is 18.0. The normalized spacial score (nSPS) is 10.9. The molecule has 6 heteroatoms. The molecule has 0 unspecified atom stereocenters. The lowest BCUT2D eigenvalue weighted by Crippen LogP contribution is -2.00. The molecule has 0 saturated heterocycles. The topological polar surface area (TPSA) is 71.8 Å². The Kier molecular flexibility index (Phi) is 5.22. The van der Waals surface area contributed by atoms with E-state index >= 15 is 0 Å². The number of aliphatic hydroxyl groups is 2. The fourth-order valence-corrected chi connectivity index (χ4v) is 3.24. The third kappa shape index (κ3) is 3.20. The quantitative estimate of drug-likeness (QED) is 0.635. The number of hydrogen-bond donors (Lipinski definition) is 2. The Labute approximate surface area is 154 Å². The van der Waals surface area contributed by atoms with Gasteiger partial charge in [0.25, 0.3) is 0 Å². The van der Waals surface area contributed by atoms with Crippen LogP contribution in [-0.2, 0) is 13.2 Å². The van der Waals surface area contributed by atoms with Crippen LogP contribution in [0.2, 0.25) is 0 Å². The molecule has 0 amide bonds. The van der Waals surface area contributed by atoms with E-state index < -0.39 is 0 Å². The number of aliphatic hydroxyl groups excluding tert-OH is 2. The van der Waals surface area contributed by atoms with E-state index in [1.807, 2.05) is 30.3 Å². The van der Waals surface area contributed by atoms with Crippen LogP contribution in [0, 0.1) is 0 Å². The number of methoxy groups -OCH3 is 2. The summed E-state index contributed by atoms with van der Waals surface area (Å²) >= 11 is 3.34. The fraction of sp³-hybridized carbons (Fsp3) is 0.211. The maximum absolute atomic E-state index is 9.94. The van der Waals surface area contributed by atoms with Crippen molar-refractivity contribution < 1.29 is 19.7 Å². The van der Waals surface area contributed by atoms with Crippen molar-refractivity contribution in [3.8, 4) is 22.6 Å². The predicted octanol–water partition coefficient (Wildman–Crippen LogP) is 3.67. The van der Waals surface area contributed by atoms with Crippen LogP contribution in [0.25, 0.3) is 21.9 Å². The molecule has 0 aliphatic rings. The molecular weight excluding hydrogens is 386 g/mol. The third-order valence-corrected chi connectivity index (χ3v) is 4.66. The monoisotopic (exact) mass is 403 g/mol. The molecule has 0 atom stereocenters. The molecule has 2 aromatic carbocycles. The van der Waals surface area contributed by atoms with Crippen molar-refractivity contribution in [1.29, 1.82) is 0 Å². The molecule has 0 fully saturated rings. The van der Waals surface area contributed by atoms with Gasteiger partial charge in [0.1, 0.15) is 4.60 Å². The SMILES string of the molecule is COc1cc2cc(CO)c(CO)c(-c3ccc(Br)nc3)c2cc1OC. The fourth-order valence-electron chi connectivity index (χ4n) is 3.00. The molecular formula is C19H18BrNO4. The van der Waals surface area contributed by atoms with Crippen LogP contribution in [-0.4, -0.2) is 29.4 Å². The van der Waals surface area contributed by atoms with Gasteiger partial charge < -0.3 is 19.7 Å². The van der Waals surface area contributed by atoms with E-state index in [1.165, 1.54) is 0 Å². The minimum absolute atomic E-state index is 0.170. The lowest BCUT2D eigenvalue weighted by atomic mass is 9.90. The first-order valence-electron chi connectivity index (χ1n) is 7.67. The minimum atomic E-state index is -0.189. The summed E-state index contributed by atoms with van der Waals surface area (Å²) in [5.41, 5.74) is 3.01. The molecule has 130 valence electrons. The van der Waals surface area contributed by atoms with Crippen molar-refractivity contribution in [2.45, 2.75) is 13.2 Å². The standard InChI is InChI=1S/C19H18BrNO4/c1-24-16-6-12-5-13(9-22)15(10-23)19(14(12)7-17(16)25-2)11-3-4-18(20)21-8-11/h3-8,22-23H,9-10H2,1-2H3. The van der Waals surface area contributed by atoms with Gasteiger partial charge in [0, 0.05) is 11.8 Å². The molecule has 25 heavy (non-hydrogen) atoms. The number of ether oxygens (including phenoxy) is 2. The van der Waals surface area contributed by atoms with Crippen LogP contribution in [0.1, 0.15) is 11.1 Å². The summed E-state index contributed by atoms with van der Waals surface area (Å²) in [4.78, 5) is 4.29. The highest BCUT2D eigenvalue weighted by Gasteiger charge is 2.17. The van der Waals surface area contributed by atoms with E-state index in [2.05, 4.69) is 20.9 Å². The molecule has 0 radical (unpaired) electrons. The maximum Gasteiger partial charge on any atom is 0.161 e. The molecule has 0 aliphatic carbocycles. The smallest absolute Gasteiger partial charge is 0.161 e. The summed E-state index contributed by atoms with van der Waals surface area (Å²) in [7, 11) is 3.16. The summed E-state index contributed by atoms with van der Waals surface area (Å²) < 4.78 is 11.5. The summed E-state index contributed by atoms with van der Waals surface area (Å²) in [6.07, 6.45) is 1.73. The summed E-state index contributed by atoms with van der Waals surface area (Å²) in [6.45, 7) is -0.358. The van der Waals surface area contributed by atoms with Crippen molar-refractivity contribution >= 4 is 26.7 Å². The number of fused-ring (bicyclic) bond motifs is 1. The molecule has 0 saturated carbocycles. The first kappa shape index (κ1) is 17.7. The Hall–Kier alpha value is -2.15. The predicted molar refractivity (Wildman–Crippen MR) is 99.8 cm³/mol. The highest BCUT2D eigenvalue weighted by molar-refractivity contribution is 9.10. The van der Waals surface area contributed by atoms with Gasteiger partial charge in [-0.05, 0) is 67.7 Å². The van der Waals surface area contributed by atoms with Crippen LogP contribution in [0.4, 0.5) is 0 Å². The number of hydrogen-bond acceptors (Lipinski definition) is 5. The molecule has 5 nitrogen and oxygen atoms in total. The van der Waals surface area contributed by atoms with Gasteiger partial charge in [0.05, 0.1) is 27.4 Å². The number of halogens is 1. The van der Waals surface area contributed by atoms with E-state index in [1.54, 1.807) is 20.4 Å². The van der Waals surface area contributed by atoms with Crippen molar-refractivity contribution in [3.63, 3.8) is 0 Å². The molecule has 1 aromatic heterocycles. The van der Waals surface area contributed by atoms with Gasteiger partial charge in [0.2, 0.25) is 0 Å². The van der Waals surface area contributed by atoms with Gasteiger partial charge in [0.15, 0.2) is 11.5 Å². The van der Waals surface area contributed by atoms with Crippen LogP contribution >= 0.6 is 15.9 Å². The highest BCUT2D eigenvalue weighted by atomic mass is 79.9. The number of pyridine rings is 1. The highest BCUT2D eigenvalue weighted by Crippen LogP contribution is 2.40. The number of nitrogens with zero attached hydrogens (tertiary/aromatic N) is 1. The van der Waals surface area contributed by atoms with E-state index in [-0.39, 0.29) is 13.2 Å². The average molecular weight is 404 g/mol. The summed E-state index contributed by atoms with van der Waals surface area (Å²) in [5, 5.41) is 21.5. The molecule has 0 spiro atoms. The van der Waals surface area contributed by atoms with Crippen LogP contribution in [0.3, 0.4) is 0 Å². The largest absolute Gasteiger partial charge is 0.493 e. The van der Waals surface area contributed by atoms with Gasteiger partial charge in [-0.2, -0.15) is 0 Å². The Morgan fingerprint density at radius 1 is 1.00 bits per heavy atom. The zero-order valence-corrected chi connectivity index (χ0v) is 15.5. The van der Waals surface area contributed by atoms with Gasteiger partial charge in [-0.3, -0.25) is 0 Å². The minimum Gasteiger partial charge on any atom is -0.493 e. The van der Waals surface area contributed by atoms with E-state index in [4.69, 9.17) is 9.47 Å². The summed E-state index contributed by atoms with van der Waals surface area (Å²) in [6, 6.07) is 9.37. The van der Waals surface area contributed by atoms with Crippen molar-refractivity contribution in [2.24, 2.45) is 0 Å². The molecule has 3 aromatic rings. The van der Waals surface area contributed by atoms with Crippen molar-refractivity contribution in [1.82, 2.24) is 4.98 Å². The molecule has 0 bridgehead atoms. The lowest BCUT2D eigenvalue weighted by molar-refractivity contribution is 0.260. The second-order valence-corrected chi connectivity index (χ2v) is 6.32. The van der Waals surface area contributed by atoms with Gasteiger partial charge in [-0.1, -0.05) is 6.07 Å². The second kappa shape index (κ2) is 7.39. The first-order chi connectivity index (χ1) is 12.1. The Balaban J connectivity index is 2.42. The van der Waals surface area contributed by atoms with E-state index in [9.17, 15) is 10.2 Å². The average Bonchev–Trinajstić information content (AvgIpc) is 2.65. The van der Waals surface area contributed by atoms with Gasteiger partial charge in [-0.15, -0.1) is 0 Å². The van der Waals surface area contributed by atoms with Crippen LogP contribution in [0.5, 0.6) is 11.5 Å². The van der Waals surface area contributed by atoms with E-state index in [0.717, 1.165) is 26.5 Å². The Bertz CT molecular complexity index is 904. The van der Waals surface area contributed by atoms with Crippen LogP contribution in [0.15, 0.2) is 41.1 Å². The van der Waals surface area contributed by atoms with E-state index in [0.29, 0.717) is 22.6 Å². The van der Waals surface area contributed by atoms with Crippen molar-refractivity contribution in [2.75, 3.05) is 14.2 Å². The maximum atomic E-state index is 9.94. The second-order valence-electron chi connectivity index (χ2n) is 5.50. The number of rotatable bonds is 5. The Morgan fingerprint density at radius 3 is 2.28 bits per heavy atom. The number of aromatic nitrogens is 1. The lowest BCUT2D eigenvalue weighted by Gasteiger charge is -2.18. The molecule has 3 rings (SSSR count). The molecule has 0 aliphatic heterocycles. The van der Waals surface area contributed by atoms with Crippen LogP contribution < -0.4 is 9.47 Å². The van der Waals surface area contributed by atoms with Crippen molar-refractivity contribution in [3.05, 3.63) is 52.3 Å². The third-order valence-electron chi connectivity index (χ3n) is 4.19. The zero-order valence-electron chi connectivity index (χ0n) is 13.9. The molecule has 2 N–H and O–H groups in total. The molecule has 1 heterocycles. The number of benzene rings is 2. The Morgan fingerprint density at radius 2 is 1.72 bits per heavy atom. The van der Waals surface area contributed by atoms with Gasteiger partial charge >= 0.3 is 0 Å². The first-order valence-corrected chi connectivity index (χ1v) is 8.46. The summed E-state index contributed by atoms with van der Waals surface area (Å²) in [5.74, 6) is 1.21. The van der Waals surface area contributed by atoms with Gasteiger partial charge in [-0.25, -0.2) is 4.98 Å².